The molecule has 1 aromatic heterocycles. The standard InChI is InChI=1S/C7H7N.C4H6O2/c1-2-7-5-3-4-6-8-7;1-3-6-4(2)5/h2-6H,1H2;3H,1H2,2H3. The quantitative estimate of drug-likeness (QED) is 0.532. The van der Waals surface area contributed by atoms with Crippen LogP contribution in [0.5, 0.6) is 0 Å². The van der Waals surface area contributed by atoms with Gasteiger partial charge in [-0.05, 0) is 18.2 Å². The lowest BCUT2D eigenvalue weighted by molar-refractivity contribution is -0.135. The average Bonchev–Trinajstić information content (AvgIpc) is 2.20. The summed E-state index contributed by atoms with van der Waals surface area (Å²) in [5.41, 5.74) is 0.924. The van der Waals surface area contributed by atoms with Crippen molar-refractivity contribution in [1.82, 2.24) is 4.98 Å². The third-order valence-electron chi connectivity index (χ3n) is 1.15. The van der Waals surface area contributed by atoms with Crippen molar-refractivity contribution in [1.29, 1.82) is 0 Å². The highest BCUT2D eigenvalue weighted by atomic mass is 16.5. The Balaban J connectivity index is 0.000000255. The van der Waals surface area contributed by atoms with E-state index in [4.69, 9.17) is 0 Å². The Kier molecular flexibility index (Phi) is 6.68. The van der Waals surface area contributed by atoms with Crippen LogP contribution in [0.1, 0.15) is 12.6 Å². The van der Waals surface area contributed by atoms with E-state index < -0.39 is 0 Å². The molecule has 0 bridgehead atoms. The molecule has 0 saturated carbocycles. The first-order valence-corrected chi connectivity index (χ1v) is 4.02. The Hall–Kier alpha value is -1.90. The van der Waals surface area contributed by atoms with Gasteiger partial charge in [0.25, 0.3) is 0 Å². The van der Waals surface area contributed by atoms with Crippen molar-refractivity contribution in [3.8, 4) is 0 Å². The van der Waals surface area contributed by atoms with Crippen LogP contribution >= 0.6 is 0 Å². The summed E-state index contributed by atoms with van der Waals surface area (Å²) >= 11 is 0. The molecule has 1 rings (SSSR count). The van der Waals surface area contributed by atoms with E-state index in [1.807, 2.05) is 18.2 Å². The van der Waals surface area contributed by atoms with E-state index in [0.717, 1.165) is 12.0 Å². The highest BCUT2D eigenvalue weighted by molar-refractivity contribution is 5.66. The highest BCUT2D eigenvalue weighted by Gasteiger charge is 1.79. The molecule has 14 heavy (non-hydrogen) atoms. The van der Waals surface area contributed by atoms with Crippen LogP contribution in [0.3, 0.4) is 0 Å². The Labute approximate surface area is 83.7 Å². The van der Waals surface area contributed by atoms with E-state index in [9.17, 15) is 4.79 Å². The normalized spacial score (nSPS) is 7.79. The summed E-state index contributed by atoms with van der Waals surface area (Å²) in [5.74, 6) is -0.329. The minimum Gasteiger partial charge on any atom is -0.435 e. The van der Waals surface area contributed by atoms with Crippen molar-refractivity contribution in [2.24, 2.45) is 0 Å². The number of nitrogens with zero attached hydrogens (tertiary/aromatic N) is 1. The van der Waals surface area contributed by atoms with Crippen molar-refractivity contribution in [2.75, 3.05) is 0 Å². The molecule has 0 radical (unpaired) electrons. The first kappa shape index (κ1) is 12.1. The molecule has 74 valence electrons. The van der Waals surface area contributed by atoms with Crippen molar-refractivity contribution in [3.63, 3.8) is 0 Å². The van der Waals surface area contributed by atoms with Gasteiger partial charge in [0.05, 0.1) is 12.0 Å². The maximum atomic E-state index is 9.75. The van der Waals surface area contributed by atoms with Crippen LogP contribution < -0.4 is 0 Å². The van der Waals surface area contributed by atoms with Gasteiger partial charge >= 0.3 is 5.97 Å². The topological polar surface area (TPSA) is 39.2 Å². The van der Waals surface area contributed by atoms with Crippen LogP contribution in [0.4, 0.5) is 0 Å². The molecule has 3 nitrogen and oxygen atoms in total. The molecular weight excluding hydrogens is 178 g/mol. The fraction of sp³-hybridized carbons (Fsp3) is 0.0909. The predicted octanol–water partition coefficient (Wildman–Crippen LogP) is 2.42. The molecule has 0 fully saturated rings. The Bertz CT molecular complexity index is 293. The molecule has 0 aromatic carbocycles. The molecule has 1 heterocycles. The van der Waals surface area contributed by atoms with Gasteiger partial charge < -0.3 is 4.74 Å². The molecular formula is C11H13NO2. The number of pyridine rings is 1. The second kappa shape index (κ2) is 7.73. The fourth-order valence-corrected chi connectivity index (χ4v) is 0.614. The summed E-state index contributed by atoms with van der Waals surface area (Å²) in [6.07, 6.45) is 4.57. The fourth-order valence-electron chi connectivity index (χ4n) is 0.614. The largest absolute Gasteiger partial charge is 0.435 e. The predicted molar refractivity (Wildman–Crippen MR) is 56.3 cm³/mol. The second-order valence-corrected chi connectivity index (χ2v) is 2.23. The number of carbonyl (C=O) groups is 1. The number of aromatic nitrogens is 1. The number of carbonyl (C=O) groups excluding carboxylic acids is 1. The van der Waals surface area contributed by atoms with Gasteiger partial charge in [-0.1, -0.05) is 19.2 Å². The van der Waals surface area contributed by atoms with Crippen molar-refractivity contribution < 1.29 is 9.53 Å². The molecule has 0 N–H and O–H groups in total. The lowest BCUT2D eigenvalue weighted by Crippen LogP contribution is -1.87. The Morgan fingerprint density at radius 3 is 2.43 bits per heavy atom. The van der Waals surface area contributed by atoms with Crippen molar-refractivity contribution in [3.05, 3.63) is 49.5 Å². The van der Waals surface area contributed by atoms with Crippen LogP contribution in [0.2, 0.25) is 0 Å². The first-order chi connectivity index (χ1) is 6.70. The number of ether oxygens (including phenoxy) is 1. The van der Waals surface area contributed by atoms with E-state index in [0.29, 0.717) is 0 Å². The molecule has 1 aromatic rings. The maximum absolute atomic E-state index is 9.75. The zero-order chi connectivity index (χ0) is 10.8. The third kappa shape index (κ3) is 6.79. The number of esters is 1. The maximum Gasteiger partial charge on any atom is 0.307 e. The van der Waals surface area contributed by atoms with E-state index in [1.165, 1.54) is 6.92 Å². The highest BCUT2D eigenvalue weighted by Crippen LogP contribution is 1.91. The van der Waals surface area contributed by atoms with Gasteiger partial charge in [0.15, 0.2) is 0 Å². The lowest BCUT2D eigenvalue weighted by Gasteiger charge is -1.84. The van der Waals surface area contributed by atoms with Gasteiger partial charge in [0.1, 0.15) is 0 Å². The van der Waals surface area contributed by atoms with Crippen LogP contribution in [0.15, 0.2) is 43.8 Å². The average molecular weight is 191 g/mol. The molecule has 0 unspecified atom stereocenters. The molecule has 0 spiro atoms. The van der Waals surface area contributed by atoms with Crippen LogP contribution in [-0.2, 0) is 9.53 Å². The zero-order valence-electron chi connectivity index (χ0n) is 8.14. The van der Waals surface area contributed by atoms with Gasteiger partial charge in [-0.15, -0.1) is 0 Å². The number of hydrogen-bond donors (Lipinski definition) is 0. The van der Waals surface area contributed by atoms with E-state index in [-0.39, 0.29) is 5.97 Å². The second-order valence-electron chi connectivity index (χ2n) is 2.23. The molecule has 0 aliphatic carbocycles. The smallest absolute Gasteiger partial charge is 0.307 e. The van der Waals surface area contributed by atoms with Gasteiger partial charge in [-0.3, -0.25) is 9.78 Å². The molecule has 0 aliphatic heterocycles. The number of hydrogen-bond acceptors (Lipinski definition) is 3. The van der Waals surface area contributed by atoms with Crippen molar-refractivity contribution in [2.45, 2.75) is 6.92 Å². The minimum atomic E-state index is -0.329. The SMILES string of the molecule is C=COC(C)=O.C=Cc1ccccn1. The zero-order valence-corrected chi connectivity index (χ0v) is 8.14. The number of rotatable bonds is 2. The summed E-state index contributed by atoms with van der Waals surface area (Å²) in [7, 11) is 0. The minimum absolute atomic E-state index is 0.329. The summed E-state index contributed by atoms with van der Waals surface area (Å²) in [5, 5.41) is 0. The Morgan fingerprint density at radius 2 is 2.21 bits per heavy atom. The molecule has 0 aliphatic rings. The van der Waals surface area contributed by atoms with Gasteiger partial charge in [0.2, 0.25) is 0 Å². The van der Waals surface area contributed by atoms with Gasteiger partial charge in [-0.2, -0.15) is 0 Å². The summed E-state index contributed by atoms with van der Waals surface area (Å²) < 4.78 is 4.17. The summed E-state index contributed by atoms with van der Waals surface area (Å²) in [6, 6.07) is 5.73. The molecule has 3 heteroatoms. The van der Waals surface area contributed by atoms with Gasteiger partial charge in [-0.25, -0.2) is 0 Å². The van der Waals surface area contributed by atoms with E-state index in [1.54, 1.807) is 12.3 Å². The molecule has 0 amide bonds. The first-order valence-electron chi connectivity index (χ1n) is 4.02. The summed E-state index contributed by atoms with van der Waals surface area (Å²) in [6.45, 7) is 8.05. The molecule has 0 saturated heterocycles. The van der Waals surface area contributed by atoms with Crippen LogP contribution in [0.25, 0.3) is 6.08 Å². The lowest BCUT2D eigenvalue weighted by atomic mass is 10.4. The third-order valence-corrected chi connectivity index (χ3v) is 1.15. The van der Waals surface area contributed by atoms with E-state index in [2.05, 4.69) is 22.9 Å². The summed E-state index contributed by atoms with van der Waals surface area (Å²) in [4.78, 5) is 13.7. The van der Waals surface area contributed by atoms with Crippen LogP contribution in [-0.4, -0.2) is 11.0 Å². The Morgan fingerprint density at radius 1 is 1.50 bits per heavy atom. The van der Waals surface area contributed by atoms with Gasteiger partial charge in [0, 0.05) is 13.1 Å². The van der Waals surface area contributed by atoms with E-state index >= 15 is 0 Å². The molecule has 0 atom stereocenters. The van der Waals surface area contributed by atoms with Crippen LogP contribution in [0, 0.1) is 0 Å². The van der Waals surface area contributed by atoms with Crippen molar-refractivity contribution >= 4 is 12.0 Å². The monoisotopic (exact) mass is 191 g/mol.